The number of amides is 1. The van der Waals surface area contributed by atoms with Crippen LogP contribution in [0.2, 0.25) is 0 Å². The summed E-state index contributed by atoms with van der Waals surface area (Å²) in [5.74, 6) is -0.661. The van der Waals surface area contributed by atoms with Crippen molar-refractivity contribution < 1.29 is 13.2 Å². The zero-order valence-corrected chi connectivity index (χ0v) is 17.9. The lowest BCUT2D eigenvalue weighted by atomic mass is 10.1. The number of hydrogen-bond acceptors (Lipinski definition) is 8. The van der Waals surface area contributed by atoms with Crippen molar-refractivity contribution in [2.45, 2.75) is 4.90 Å². The van der Waals surface area contributed by atoms with Crippen molar-refractivity contribution in [3.63, 3.8) is 0 Å². The van der Waals surface area contributed by atoms with Gasteiger partial charge in [0.15, 0.2) is 11.5 Å². The Morgan fingerprint density at radius 2 is 1.87 bits per heavy atom. The van der Waals surface area contributed by atoms with E-state index in [1.807, 2.05) is 7.05 Å². The van der Waals surface area contributed by atoms with Crippen molar-refractivity contribution in [3.8, 4) is 17.3 Å². The summed E-state index contributed by atoms with van der Waals surface area (Å²) < 4.78 is 27.1. The van der Waals surface area contributed by atoms with Gasteiger partial charge in [-0.2, -0.15) is 9.57 Å². The predicted molar refractivity (Wildman–Crippen MR) is 113 cm³/mol. The summed E-state index contributed by atoms with van der Waals surface area (Å²) in [5.41, 5.74) is 6.57. The summed E-state index contributed by atoms with van der Waals surface area (Å²) >= 11 is 0. The van der Waals surface area contributed by atoms with Crippen molar-refractivity contribution in [1.29, 1.82) is 5.26 Å². The fourth-order valence-electron chi connectivity index (χ4n) is 2.88. The number of nitrogen functional groups attached to an aromatic ring is 1. The van der Waals surface area contributed by atoms with Gasteiger partial charge in [-0.25, -0.2) is 18.4 Å². The average molecular weight is 452 g/mol. The van der Waals surface area contributed by atoms with Crippen LogP contribution >= 0.6 is 12.4 Å². The van der Waals surface area contributed by atoms with Gasteiger partial charge in [0.1, 0.15) is 6.54 Å². The first-order valence-corrected chi connectivity index (χ1v) is 10.3. The van der Waals surface area contributed by atoms with E-state index in [-0.39, 0.29) is 35.4 Å². The molecule has 3 rings (SSSR count). The molecular formula is C18H22ClN7O3S. The van der Waals surface area contributed by atoms with Crippen LogP contribution in [-0.2, 0) is 10.0 Å². The van der Waals surface area contributed by atoms with E-state index in [1.54, 1.807) is 18.2 Å². The molecule has 0 radical (unpaired) electrons. The van der Waals surface area contributed by atoms with E-state index in [4.69, 9.17) is 11.0 Å². The van der Waals surface area contributed by atoms with E-state index in [1.165, 1.54) is 22.6 Å². The minimum absolute atomic E-state index is 0. The standard InChI is InChI=1S/C18H21N7O3S.ClH/c1-24-8-10-25(11-9-24)29(27,28)14-4-2-13(3-5-14)15-12-22-17(20)16(23-15)18(26)21-7-6-19;/h2-5,12H,7-11H2,1H3,(H2,20,22)(H,21,26);1H. The van der Waals surface area contributed by atoms with Gasteiger partial charge < -0.3 is 16.0 Å². The van der Waals surface area contributed by atoms with E-state index in [0.717, 1.165) is 0 Å². The lowest BCUT2D eigenvalue weighted by Gasteiger charge is -2.31. The average Bonchev–Trinajstić information content (AvgIpc) is 2.73. The van der Waals surface area contributed by atoms with Crippen LogP contribution in [0, 0.1) is 11.3 Å². The number of anilines is 1. The number of sulfonamides is 1. The van der Waals surface area contributed by atoms with Crippen LogP contribution in [-0.4, -0.2) is 73.3 Å². The monoisotopic (exact) mass is 451 g/mol. The molecule has 1 aliphatic rings. The topological polar surface area (TPSA) is 145 Å². The summed E-state index contributed by atoms with van der Waals surface area (Å²) in [5, 5.41) is 10.9. The zero-order valence-electron chi connectivity index (χ0n) is 16.3. The number of likely N-dealkylation sites (N-methyl/N-ethyl adjacent to an activating group) is 1. The number of nitrogens with two attached hydrogens (primary N) is 1. The summed E-state index contributed by atoms with van der Waals surface area (Å²) in [6, 6.07) is 8.04. The van der Waals surface area contributed by atoms with Crippen LogP contribution in [0.1, 0.15) is 10.5 Å². The summed E-state index contributed by atoms with van der Waals surface area (Å²) in [6.07, 6.45) is 1.40. The number of nitrogens with zero attached hydrogens (tertiary/aromatic N) is 5. The SMILES string of the molecule is CN1CCN(S(=O)(=O)c2ccc(-c3cnc(N)c(C(=O)NCC#N)n3)cc2)CC1.Cl. The second kappa shape index (κ2) is 9.82. The van der Waals surface area contributed by atoms with Gasteiger partial charge in [0, 0.05) is 31.7 Å². The highest BCUT2D eigenvalue weighted by Gasteiger charge is 2.27. The molecule has 2 heterocycles. The first-order valence-electron chi connectivity index (χ1n) is 8.89. The molecule has 1 aromatic heterocycles. The Morgan fingerprint density at radius 3 is 2.47 bits per heavy atom. The lowest BCUT2D eigenvalue weighted by molar-refractivity contribution is 0.0954. The Labute approximate surface area is 181 Å². The number of hydrogen-bond donors (Lipinski definition) is 2. The highest BCUT2D eigenvalue weighted by Crippen LogP contribution is 2.23. The van der Waals surface area contributed by atoms with Gasteiger partial charge in [0.2, 0.25) is 10.0 Å². The molecule has 2 aromatic rings. The number of rotatable bonds is 5. The molecule has 30 heavy (non-hydrogen) atoms. The van der Waals surface area contributed by atoms with Gasteiger partial charge in [-0.1, -0.05) is 12.1 Å². The molecule has 10 nitrogen and oxygen atoms in total. The molecule has 0 atom stereocenters. The number of carbonyl (C=O) groups is 1. The van der Waals surface area contributed by atoms with E-state index in [2.05, 4.69) is 20.2 Å². The molecule has 160 valence electrons. The molecule has 0 saturated carbocycles. The maximum Gasteiger partial charge on any atom is 0.274 e. The predicted octanol–water partition coefficient (Wildman–Crippen LogP) is 0.337. The molecule has 0 bridgehead atoms. The third-order valence-electron chi connectivity index (χ3n) is 4.59. The van der Waals surface area contributed by atoms with Crippen LogP contribution in [0.25, 0.3) is 11.3 Å². The number of nitriles is 1. The number of carbonyl (C=O) groups excluding carboxylic acids is 1. The van der Waals surface area contributed by atoms with Gasteiger partial charge >= 0.3 is 0 Å². The van der Waals surface area contributed by atoms with Crippen molar-refractivity contribution in [2.75, 3.05) is 45.5 Å². The zero-order chi connectivity index (χ0) is 21.0. The molecule has 0 unspecified atom stereocenters. The van der Waals surface area contributed by atoms with Crippen LogP contribution in [0.3, 0.4) is 0 Å². The van der Waals surface area contributed by atoms with Crippen molar-refractivity contribution in [2.24, 2.45) is 0 Å². The number of nitrogens with one attached hydrogen (secondary N) is 1. The molecule has 1 aliphatic heterocycles. The van der Waals surface area contributed by atoms with Crippen LogP contribution in [0.5, 0.6) is 0 Å². The van der Waals surface area contributed by atoms with Gasteiger partial charge in [-0.15, -0.1) is 12.4 Å². The van der Waals surface area contributed by atoms with Gasteiger partial charge in [0.25, 0.3) is 5.91 Å². The first kappa shape index (κ1) is 23.5. The van der Waals surface area contributed by atoms with Crippen LogP contribution < -0.4 is 11.1 Å². The molecule has 12 heteroatoms. The Bertz CT molecular complexity index is 1050. The highest BCUT2D eigenvalue weighted by molar-refractivity contribution is 7.89. The maximum absolute atomic E-state index is 12.8. The van der Waals surface area contributed by atoms with Gasteiger partial charge in [-0.3, -0.25) is 4.79 Å². The van der Waals surface area contributed by atoms with E-state index in [0.29, 0.717) is 37.4 Å². The number of benzene rings is 1. The first-order chi connectivity index (χ1) is 13.8. The summed E-state index contributed by atoms with van der Waals surface area (Å²) in [4.78, 5) is 22.5. The van der Waals surface area contributed by atoms with Crippen molar-refractivity contribution >= 4 is 34.2 Å². The number of piperazine rings is 1. The molecule has 3 N–H and O–H groups in total. The quantitative estimate of drug-likeness (QED) is 0.618. The molecule has 0 aliphatic carbocycles. The molecule has 1 amide bonds. The van der Waals surface area contributed by atoms with E-state index < -0.39 is 15.9 Å². The van der Waals surface area contributed by atoms with Crippen molar-refractivity contribution in [3.05, 3.63) is 36.2 Å². The molecule has 1 fully saturated rings. The van der Waals surface area contributed by atoms with Gasteiger partial charge in [0.05, 0.1) is 22.9 Å². The Kier molecular flexibility index (Phi) is 7.69. The second-order valence-electron chi connectivity index (χ2n) is 6.56. The molecule has 1 saturated heterocycles. The van der Waals surface area contributed by atoms with Crippen LogP contribution in [0.15, 0.2) is 35.4 Å². The van der Waals surface area contributed by atoms with Crippen molar-refractivity contribution in [1.82, 2.24) is 24.5 Å². The lowest BCUT2D eigenvalue weighted by Crippen LogP contribution is -2.46. The van der Waals surface area contributed by atoms with Crippen LogP contribution in [0.4, 0.5) is 5.82 Å². The minimum atomic E-state index is -3.57. The van der Waals surface area contributed by atoms with Gasteiger partial charge in [-0.05, 0) is 19.2 Å². The molecule has 0 spiro atoms. The Morgan fingerprint density at radius 1 is 1.23 bits per heavy atom. The Hall–Kier alpha value is -2.78. The summed E-state index contributed by atoms with van der Waals surface area (Å²) in [6.45, 7) is 2.10. The third-order valence-corrected chi connectivity index (χ3v) is 6.51. The van der Waals surface area contributed by atoms with E-state index >= 15 is 0 Å². The molecule has 1 aromatic carbocycles. The fraction of sp³-hybridized carbons (Fsp3) is 0.333. The van der Waals surface area contributed by atoms with E-state index in [9.17, 15) is 13.2 Å². The number of halogens is 1. The Balaban J connectivity index is 0.00000320. The second-order valence-corrected chi connectivity index (χ2v) is 8.50. The highest BCUT2D eigenvalue weighted by atomic mass is 35.5. The molecular weight excluding hydrogens is 430 g/mol. The fourth-order valence-corrected chi connectivity index (χ4v) is 4.31. The maximum atomic E-state index is 12.8. The third kappa shape index (κ3) is 5.03. The minimum Gasteiger partial charge on any atom is -0.382 e. The smallest absolute Gasteiger partial charge is 0.274 e. The number of aromatic nitrogens is 2. The normalized spacial score (nSPS) is 15.1. The summed E-state index contributed by atoms with van der Waals surface area (Å²) in [7, 11) is -1.61. The largest absolute Gasteiger partial charge is 0.382 e.